The molecular weight excluding hydrogens is 332 g/mol. The number of nitrogens with zero attached hydrogens (tertiary/aromatic N) is 1. The van der Waals surface area contributed by atoms with E-state index >= 15 is 0 Å². The maximum Gasteiger partial charge on any atom is 0.409 e. The Morgan fingerprint density at radius 2 is 2.00 bits per heavy atom. The van der Waals surface area contributed by atoms with Crippen LogP contribution in [-0.2, 0) is 14.8 Å². The number of likely N-dealkylation sites (tertiary alicyclic amines) is 1. The van der Waals surface area contributed by atoms with Crippen molar-refractivity contribution in [3.05, 3.63) is 23.8 Å². The third-order valence-electron chi connectivity index (χ3n) is 4.02. The average molecular weight is 356 g/mol. The van der Waals surface area contributed by atoms with Gasteiger partial charge in [-0.15, -0.1) is 0 Å². The smallest absolute Gasteiger partial charge is 0.409 e. The van der Waals surface area contributed by atoms with E-state index < -0.39 is 10.0 Å². The van der Waals surface area contributed by atoms with Gasteiger partial charge >= 0.3 is 6.09 Å². The predicted octanol–water partition coefficient (Wildman–Crippen LogP) is 1.90. The second-order valence-electron chi connectivity index (χ2n) is 5.71. The number of hydrogen-bond donors (Lipinski definition) is 1. The number of methoxy groups -OCH3 is 1. The molecule has 1 fully saturated rings. The summed E-state index contributed by atoms with van der Waals surface area (Å²) in [5.74, 6) is 0.650. The number of nitrogens with one attached hydrogen (secondary N) is 1. The molecule has 0 unspecified atom stereocenters. The maximum absolute atomic E-state index is 12.5. The molecule has 0 aliphatic carbocycles. The standard InChI is InChI=1S/C16H24N2O5S/c1-4-23-16(19)18-9-7-13(8-10-18)17-24(20,21)14-5-6-15(22-3)12(2)11-14/h5-6,11,13,17H,4,7-10H2,1-3H3. The number of carbonyl (C=O) groups excluding carboxylic acids is 1. The average Bonchev–Trinajstić information content (AvgIpc) is 2.55. The number of sulfonamides is 1. The van der Waals surface area contributed by atoms with E-state index in [-0.39, 0.29) is 17.0 Å². The van der Waals surface area contributed by atoms with E-state index in [0.717, 1.165) is 5.56 Å². The molecule has 1 aliphatic rings. The quantitative estimate of drug-likeness (QED) is 0.871. The molecule has 1 aromatic rings. The Balaban J connectivity index is 1.98. The lowest BCUT2D eigenvalue weighted by atomic mass is 10.1. The summed E-state index contributed by atoms with van der Waals surface area (Å²) in [4.78, 5) is 13.5. The van der Waals surface area contributed by atoms with Crippen LogP contribution in [0.25, 0.3) is 0 Å². The van der Waals surface area contributed by atoms with Crippen LogP contribution < -0.4 is 9.46 Å². The van der Waals surface area contributed by atoms with E-state index in [1.54, 1.807) is 38.0 Å². The van der Waals surface area contributed by atoms with E-state index in [4.69, 9.17) is 9.47 Å². The molecule has 1 aromatic carbocycles. The highest BCUT2D eigenvalue weighted by Gasteiger charge is 2.27. The first-order valence-electron chi connectivity index (χ1n) is 7.96. The molecule has 1 N–H and O–H groups in total. The summed E-state index contributed by atoms with van der Waals surface area (Å²) in [6.45, 7) is 4.86. The minimum atomic E-state index is -3.60. The Morgan fingerprint density at radius 1 is 1.33 bits per heavy atom. The molecule has 2 rings (SSSR count). The Morgan fingerprint density at radius 3 is 2.54 bits per heavy atom. The van der Waals surface area contributed by atoms with Crippen molar-refractivity contribution in [1.29, 1.82) is 0 Å². The van der Waals surface area contributed by atoms with Gasteiger partial charge in [-0.2, -0.15) is 0 Å². The fourth-order valence-corrected chi connectivity index (χ4v) is 4.09. The molecule has 134 valence electrons. The van der Waals surface area contributed by atoms with Crippen LogP contribution in [0.15, 0.2) is 23.1 Å². The van der Waals surface area contributed by atoms with Crippen molar-refractivity contribution in [1.82, 2.24) is 9.62 Å². The summed E-state index contributed by atoms with van der Waals surface area (Å²) in [6, 6.07) is 4.58. The van der Waals surface area contributed by atoms with Gasteiger partial charge in [0.2, 0.25) is 10.0 Å². The van der Waals surface area contributed by atoms with Crippen molar-refractivity contribution in [3.63, 3.8) is 0 Å². The maximum atomic E-state index is 12.5. The molecule has 0 spiro atoms. The first-order valence-corrected chi connectivity index (χ1v) is 9.44. The molecule has 0 aromatic heterocycles. The minimum absolute atomic E-state index is 0.192. The lowest BCUT2D eigenvalue weighted by Gasteiger charge is -2.31. The topological polar surface area (TPSA) is 84.9 Å². The zero-order chi connectivity index (χ0) is 17.7. The third-order valence-corrected chi connectivity index (χ3v) is 5.54. The summed E-state index contributed by atoms with van der Waals surface area (Å²) < 4.78 is 37.9. The van der Waals surface area contributed by atoms with Gasteiger partial charge in [0.25, 0.3) is 0 Å². The van der Waals surface area contributed by atoms with Gasteiger partial charge in [0, 0.05) is 19.1 Å². The summed E-state index contributed by atoms with van der Waals surface area (Å²) in [5.41, 5.74) is 0.762. The van der Waals surface area contributed by atoms with Gasteiger partial charge in [-0.3, -0.25) is 0 Å². The summed E-state index contributed by atoms with van der Waals surface area (Å²) in [7, 11) is -2.05. The Hall–Kier alpha value is -1.80. The number of hydrogen-bond acceptors (Lipinski definition) is 5. The van der Waals surface area contributed by atoms with Crippen molar-refractivity contribution >= 4 is 16.1 Å². The van der Waals surface area contributed by atoms with Crippen LogP contribution >= 0.6 is 0 Å². The highest BCUT2D eigenvalue weighted by molar-refractivity contribution is 7.89. The van der Waals surface area contributed by atoms with Crippen LogP contribution in [0.5, 0.6) is 5.75 Å². The Kier molecular flexibility index (Phi) is 6.06. The number of ether oxygens (including phenoxy) is 2. The zero-order valence-electron chi connectivity index (χ0n) is 14.2. The van der Waals surface area contributed by atoms with E-state index in [1.165, 1.54) is 6.07 Å². The molecule has 0 radical (unpaired) electrons. The van der Waals surface area contributed by atoms with Gasteiger partial charge in [0.15, 0.2) is 0 Å². The number of piperidine rings is 1. The minimum Gasteiger partial charge on any atom is -0.496 e. The largest absolute Gasteiger partial charge is 0.496 e. The van der Waals surface area contributed by atoms with Gasteiger partial charge < -0.3 is 14.4 Å². The fourth-order valence-electron chi connectivity index (χ4n) is 2.70. The second kappa shape index (κ2) is 7.85. The first kappa shape index (κ1) is 18.5. The van der Waals surface area contributed by atoms with Crippen molar-refractivity contribution in [3.8, 4) is 5.75 Å². The summed E-state index contributed by atoms with van der Waals surface area (Å²) >= 11 is 0. The molecule has 7 nitrogen and oxygen atoms in total. The summed E-state index contributed by atoms with van der Waals surface area (Å²) in [5, 5.41) is 0. The van der Waals surface area contributed by atoms with Crippen LogP contribution in [0.4, 0.5) is 4.79 Å². The lowest BCUT2D eigenvalue weighted by Crippen LogP contribution is -2.46. The molecule has 0 atom stereocenters. The number of rotatable bonds is 5. The van der Waals surface area contributed by atoms with Gasteiger partial charge in [0.05, 0.1) is 18.6 Å². The summed E-state index contributed by atoms with van der Waals surface area (Å²) in [6.07, 6.45) is 0.782. The van der Waals surface area contributed by atoms with Crippen molar-refractivity contribution in [2.24, 2.45) is 0 Å². The number of carbonyl (C=O) groups is 1. The van der Waals surface area contributed by atoms with E-state index in [1.807, 2.05) is 0 Å². The molecular formula is C16H24N2O5S. The highest BCUT2D eigenvalue weighted by atomic mass is 32.2. The van der Waals surface area contributed by atoms with Gasteiger partial charge in [0.1, 0.15) is 5.75 Å². The third kappa shape index (κ3) is 4.39. The molecule has 1 aliphatic heterocycles. The zero-order valence-corrected chi connectivity index (χ0v) is 15.1. The number of amides is 1. The van der Waals surface area contributed by atoms with Crippen molar-refractivity contribution in [2.45, 2.75) is 37.6 Å². The highest BCUT2D eigenvalue weighted by Crippen LogP contribution is 2.22. The first-order chi connectivity index (χ1) is 11.4. The van der Waals surface area contributed by atoms with Gasteiger partial charge in [-0.1, -0.05) is 0 Å². The van der Waals surface area contributed by atoms with Crippen LogP contribution in [0.3, 0.4) is 0 Å². The monoisotopic (exact) mass is 356 g/mol. The van der Waals surface area contributed by atoms with E-state index in [0.29, 0.717) is 38.3 Å². The number of aryl methyl sites for hydroxylation is 1. The molecule has 0 saturated carbocycles. The molecule has 0 bridgehead atoms. The molecule has 1 amide bonds. The van der Waals surface area contributed by atoms with E-state index in [9.17, 15) is 13.2 Å². The Bertz CT molecular complexity index is 682. The molecule has 1 saturated heterocycles. The van der Waals surface area contributed by atoms with Crippen LogP contribution in [-0.4, -0.2) is 52.3 Å². The second-order valence-corrected chi connectivity index (χ2v) is 7.43. The Labute approximate surface area is 143 Å². The van der Waals surface area contributed by atoms with Crippen LogP contribution in [0.2, 0.25) is 0 Å². The normalized spacial score (nSPS) is 16.0. The van der Waals surface area contributed by atoms with Crippen molar-refractivity contribution < 1.29 is 22.7 Å². The van der Waals surface area contributed by atoms with Crippen molar-refractivity contribution in [2.75, 3.05) is 26.8 Å². The fraction of sp³-hybridized carbons (Fsp3) is 0.562. The van der Waals surface area contributed by atoms with Gasteiger partial charge in [-0.25, -0.2) is 17.9 Å². The molecule has 24 heavy (non-hydrogen) atoms. The number of benzene rings is 1. The lowest BCUT2D eigenvalue weighted by molar-refractivity contribution is 0.0966. The van der Waals surface area contributed by atoms with Crippen LogP contribution in [0, 0.1) is 6.92 Å². The van der Waals surface area contributed by atoms with Gasteiger partial charge in [-0.05, 0) is 50.5 Å². The van der Waals surface area contributed by atoms with E-state index in [2.05, 4.69) is 4.72 Å². The SMILES string of the molecule is CCOC(=O)N1CCC(NS(=O)(=O)c2ccc(OC)c(C)c2)CC1. The van der Waals surface area contributed by atoms with Crippen LogP contribution in [0.1, 0.15) is 25.3 Å². The molecule has 1 heterocycles. The molecule has 8 heteroatoms. The predicted molar refractivity (Wildman–Crippen MR) is 89.7 cm³/mol.